The van der Waals surface area contributed by atoms with Gasteiger partial charge in [0.1, 0.15) is 0 Å². The normalized spacial score (nSPS) is 21.9. The highest BCUT2D eigenvalue weighted by atomic mass is 127. The zero-order valence-electron chi connectivity index (χ0n) is 20.2. The Balaban J connectivity index is 0.00000306. The molecule has 2 aliphatic heterocycles. The van der Waals surface area contributed by atoms with Gasteiger partial charge in [-0.3, -0.25) is 14.7 Å². The van der Waals surface area contributed by atoms with Gasteiger partial charge in [0, 0.05) is 51.2 Å². The minimum absolute atomic E-state index is 0. The van der Waals surface area contributed by atoms with Crippen molar-refractivity contribution in [2.75, 3.05) is 26.2 Å². The summed E-state index contributed by atoms with van der Waals surface area (Å²) in [6, 6.07) is 9.61. The topological polar surface area (TPSA) is 60.0 Å². The number of carbonyl (C=O) groups is 1. The summed E-state index contributed by atoms with van der Waals surface area (Å²) in [7, 11) is 0. The van der Waals surface area contributed by atoms with E-state index in [0.717, 1.165) is 44.6 Å². The molecule has 184 valence electrons. The minimum atomic E-state index is 0. The smallest absolute Gasteiger partial charge is 0.223 e. The molecule has 0 spiro atoms. The lowest BCUT2D eigenvalue weighted by molar-refractivity contribution is -0.131. The van der Waals surface area contributed by atoms with Crippen molar-refractivity contribution < 1.29 is 4.79 Å². The van der Waals surface area contributed by atoms with E-state index in [2.05, 4.69) is 46.7 Å². The second-order valence-electron chi connectivity index (χ2n) is 9.65. The van der Waals surface area contributed by atoms with Gasteiger partial charge in [-0.25, -0.2) is 0 Å². The Hall–Kier alpha value is -1.35. The summed E-state index contributed by atoms with van der Waals surface area (Å²) >= 11 is 0. The van der Waals surface area contributed by atoms with Crippen LogP contribution in [0.1, 0.15) is 75.8 Å². The Kier molecular flexibility index (Phi) is 10.8. The molecule has 0 aromatic heterocycles. The van der Waals surface area contributed by atoms with E-state index in [1.54, 1.807) is 0 Å². The highest BCUT2D eigenvalue weighted by Gasteiger charge is 2.27. The molecule has 0 radical (unpaired) electrons. The van der Waals surface area contributed by atoms with Crippen LogP contribution in [-0.4, -0.2) is 59.9 Å². The summed E-state index contributed by atoms with van der Waals surface area (Å²) in [6.45, 7) is 7.53. The fourth-order valence-electron chi connectivity index (χ4n) is 5.50. The van der Waals surface area contributed by atoms with E-state index in [4.69, 9.17) is 4.99 Å². The average Bonchev–Trinajstić information content (AvgIpc) is 3.27. The monoisotopic (exact) mass is 567 g/mol. The van der Waals surface area contributed by atoms with Crippen LogP contribution in [0.5, 0.6) is 0 Å². The number of hydrogen-bond donors (Lipinski definition) is 2. The first-order valence-electron chi connectivity index (χ1n) is 12.9. The Labute approximate surface area is 217 Å². The number of nitrogens with one attached hydrogen (secondary N) is 2. The van der Waals surface area contributed by atoms with E-state index in [0.29, 0.717) is 19.0 Å². The van der Waals surface area contributed by atoms with Crippen molar-refractivity contribution in [1.29, 1.82) is 0 Å². The van der Waals surface area contributed by atoms with Gasteiger partial charge in [-0.15, -0.1) is 24.0 Å². The number of rotatable bonds is 7. The van der Waals surface area contributed by atoms with Crippen molar-refractivity contribution in [1.82, 2.24) is 20.4 Å². The van der Waals surface area contributed by atoms with Crippen molar-refractivity contribution in [2.24, 2.45) is 4.99 Å². The fourth-order valence-corrected chi connectivity index (χ4v) is 5.50. The maximum atomic E-state index is 12.6. The summed E-state index contributed by atoms with van der Waals surface area (Å²) in [5.74, 6) is 1.15. The van der Waals surface area contributed by atoms with Crippen LogP contribution in [0, 0.1) is 0 Å². The first kappa shape index (κ1) is 26.3. The molecule has 2 N–H and O–H groups in total. The molecule has 1 saturated carbocycles. The maximum absolute atomic E-state index is 12.6. The lowest BCUT2D eigenvalue weighted by Crippen LogP contribution is -2.53. The van der Waals surface area contributed by atoms with Crippen molar-refractivity contribution in [3.8, 4) is 0 Å². The van der Waals surface area contributed by atoms with Gasteiger partial charge in [0.15, 0.2) is 5.96 Å². The molecule has 1 amide bonds. The number of fused-ring (bicyclic) bond motifs is 1. The lowest BCUT2D eigenvalue weighted by Gasteiger charge is -2.40. The number of amides is 1. The largest absolute Gasteiger partial charge is 0.357 e. The zero-order valence-corrected chi connectivity index (χ0v) is 22.6. The highest BCUT2D eigenvalue weighted by Crippen LogP contribution is 2.25. The molecule has 1 aromatic carbocycles. The number of hydrogen-bond acceptors (Lipinski definition) is 3. The summed E-state index contributed by atoms with van der Waals surface area (Å²) < 4.78 is 0. The minimum Gasteiger partial charge on any atom is -0.357 e. The molecule has 6 nitrogen and oxygen atoms in total. The molecule has 2 fully saturated rings. The van der Waals surface area contributed by atoms with Gasteiger partial charge in [-0.05, 0) is 56.7 Å². The summed E-state index contributed by atoms with van der Waals surface area (Å²) in [6.07, 6.45) is 10.8. The summed E-state index contributed by atoms with van der Waals surface area (Å²) in [5, 5.41) is 7.09. The molecule has 7 heteroatoms. The zero-order chi connectivity index (χ0) is 22.2. The second-order valence-corrected chi connectivity index (χ2v) is 9.65. The third-order valence-corrected chi connectivity index (χ3v) is 7.24. The second kappa shape index (κ2) is 13.5. The molecular weight excluding hydrogens is 525 g/mol. The van der Waals surface area contributed by atoms with Gasteiger partial charge in [-0.2, -0.15) is 0 Å². The molecule has 0 bridgehead atoms. The van der Waals surface area contributed by atoms with Gasteiger partial charge in [0.2, 0.25) is 5.91 Å². The van der Waals surface area contributed by atoms with Crippen LogP contribution in [0.2, 0.25) is 0 Å². The first-order chi connectivity index (χ1) is 15.7. The number of benzene rings is 1. The van der Waals surface area contributed by atoms with E-state index < -0.39 is 0 Å². The van der Waals surface area contributed by atoms with Gasteiger partial charge in [0.25, 0.3) is 0 Å². The van der Waals surface area contributed by atoms with Gasteiger partial charge in [0.05, 0.1) is 0 Å². The van der Waals surface area contributed by atoms with E-state index >= 15 is 0 Å². The number of aliphatic imine (C=N–C) groups is 1. The lowest BCUT2D eigenvalue weighted by atomic mass is 9.92. The fraction of sp³-hybridized carbons (Fsp3) is 0.692. The van der Waals surface area contributed by atoms with Crippen molar-refractivity contribution in [2.45, 2.75) is 89.9 Å². The average molecular weight is 568 g/mol. The quantitative estimate of drug-likeness (QED) is 0.224. The molecule has 1 aromatic rings. The predicted molar refractivity (Wildman–Crippen MR) is 146 cm³/mol. The number of nitrogens with zero attached hydrogens (tertiary/aromatic N) is 3. The highest BCUT2D eigenvalue weighted by molar-refractivity contribution is 14.0. The van der Waals surface area contributed by atoms with Gasteiger partial charge in [-0.1, -0.05) is 43.5 Å². The molecule has 1 aliphatic carbocycles. The Morgan fingerprint density at radius 2 is 1.79 bits per heavy atom. The van der Waals surface area contributed by atoms with Crippen molar-refractivity contribution in [3.05, 3.63) is 35.4 Å². The predicted octanol–water partition coefficient (Wildman–Crippen LogP) is 4.28. The standard InChI is InChI=1S/C26H41N5O.HI/c1-2-27-26(29-23-12-9-17-30(20-23)24-13-4-3-5-14-24)28-16-8-15-25(32)31-18-21-10-6-7-11-22(21)19-31;/h6-7,10-11,23-24H,2-5,8-9,12-20H2,1H3,(H2,27,28,29);1H. The third kappa shape index (κ3) is 7.57. The molecule has 4 rings (SSSR count). The Morgan fingerprint density at radius 3 is 2.48 bits per heavy atom. The van der Waals surface area contributed by atoms with E-state index in [9.17, 15) is 4.79 Å². The van der Waals surface area contributed by atoms with Crippen molar-refractivity contribution >= 4 is 35.8 Å². The van der Waals surface area contributed by atoms with E-state index in [1.165, 1.54) is 62.6 Å². The molecule has 3 aliphatic rings. The van der Waals surface area contributed by atoms with E-state index in [-0.39, 0.29) is 29.9 Å². The Bertz CT molecular complexity index is 755. The number of guanidine groups is 1. The number of carbonyl (C=O) groups excluding carboxylic acids is 1. The van der Waals surface area contributed by atoms with Crippen LogP contribution in [0.25, 0.3) is 0 Å². The third-order valence-electron chi connectivity index (χ3n) is 7.24. The summed E-state index contributed by atoms with van der Waals surface area (Å²) in [5.41, 5.74) is 2.57. The number of piperidine rings is 1. The Morgan fingerprint density at radius 1 is 1.06 bits per heavy atom. The molecule has 1 saturated heterocycles. The molecular formula is C26H42IN5O. The number of halogens is 1. The van der Waals surface area contributed by atoms with Crippen LogP contribution in [0.3, 0.4) is 0 Å². The van der Waals surface area contributed by atoms with Gasteiger partial charge >= 0.3 is 0 Å². The molecule has 2 heterocycles. The number of likely N-dealkylation sites (tertiary alicyclic amines) is 1. The van der Waals surface area contributed by atoms with E-state index in [1.807, 2.05) is 4.90 Å². The van der Waals surface area contributed by atoms with Crippen LogP contribution >= 0.6 is 24.0 Å². The van der Waals surface area contributed by atoms with Crippen LogP contribution in [-0.2, 0) is 17.9 Å². The SMILES string of the molecule is CCNC(=NCCCC(=O)N1Cc2ccccc2C1)NC1CCCN(C2CCCCC2)C1.I. The van der Waals surface area contributed by atoms with Gasteiger partial charge < -0.3 is 15.5 Å². The first-order valence-corrected chi connectivity index (χ1v) is 12.9. The van der Waals surface area contributed by atoms with Crippen LogP contribution < -0.4 is 10.6 Å². The maximum Gasteiger partial charge on any atom is 0.223 e. The van der Waals surface area contributed by atoms with Crippen molar-refractivity contribution in [3.63, 3.8) is 0 Å². The van der Waals surface area contributed by atoms with Crippen LogP contribution in [0.15, 0.2) is 29.3 Å². The summed E-state index contributed by atoms with van der Waals surface area (Å²) in [4.78, 5) is 22.1. The van der Waals surface area contributed by atoms with Crippen LogP contribution in [0.4, 0.5) is 0 Å². The molecule has 1 atom stereocenters. The molecule has 33 heavy (non-hydrogen) atoms. The molecule has 1 unspecified atom stereocenters.